The Hall–Kier alpha value is -1.60. The molecule has 0 heterocycles. The smallest absolute Gasteiger partial charge is 0.0216 e. The molecule has 0 bridgehead atoms. The van der Waals surface area contributed by atoms with Gasteiger partial charge in [-0.25, -0.2) is 0 Å². The van der Waals surface area contributed by atoms with Crippen molar-refractivity contribution in [1.29, 1.82) is 0 Å². The lowest BCUT2D eigenvalue weighted by Crippen LogP contribution is -1.93. The van der Waals surface area contributed by atoms with E-state index in [1.54, 1.807) is 0 Å². The highest BCUT2D eigenvalue weighted by Gasteiger charge is 2.04. The molecule has 0 nitrogen and oxygen atoms in total. The average molecular weight is 299 g/mol. The van der Waals surface area contributed by atoms with Gasteiger partial charge < -0.3 is 0 Å². The van der Waals surface area contributed by atoms with Gasteiger partial charge in [0.15, 0.2) is 0 Å². The van der Waals surface area contributed by atoms with Gasteiger partial charge in [-0.2, -0.15) is 0 Å². The van der Waals surface area contributed by atoms with Crippen LogP contribution in [0.4, 0.5) is 0 Å². The Balaban J connectivity index is 2.34. The first kappa shape index (κ1) is 12.8. The molecule has 0 aliphatic rings. The van der Waals surface area contributed by atoms with Gasteiger partial charge in [-0.05, 0) is 34.7 Å². The molecule has 0 aliphatic carbocycles. The summed E-state index contributed by atoms with van der Waals surface area (Å²) in [4.78, 5) is 0. The zero-order chi connectivity index (χ0) is 13.0. The molecule has 0 N–H and O–H groups in total. The quantitative estimate of drug-likeness (QED) is 0.716. The minimum atomic E-state index is 0.903. The van der Waals surface area contributed by atoms with Crippen LogP contribution in [0.5, 0.6) is 0 Å². The molecule has 0 aliphatic heterocycles. The summed E-state index contributed by atoms with van der Waals surface area (Å²) in [6.07, 6.45) is 4.66. The number of hydrogen-bond acceptors (Lipinski definition) is 0. The first-order valence-electron chi connectivity index (χ1n) is 5.86. The molecule has 0 radical (unpaired) electrons. The first-order chi connectivity index (χ1) is 8.74. The van der Waals surface area contributed by atoms with Crippen molar-refractivity contribution in [3.05, 3.63) is 82.3 Å². The van der Waals surface area contributed by atoms with Gasteiger partial charge in [0, 0.05) is 4.47 Å². The summed E-state index contributed by atoms with van der Waals surface area (Å²) in [6.45, 7) is 7.64. The molecule has 2 aromatic carbocycles. The average Bonchev–Trinajstić information content (AvgIpc) is 2.41. The molecule has 0 saturated heterocycles. The van der Waals surface area contributed by atoms with E-state index < -0.39 is 0 Å². The van der Waals surface area contributed by atoms with E-state index in [9.17, 15) is 0 Å². The van der Waals surface area contributed by atoms with Gasteiger partial charge in [0.05, 0.1) is 0 Å². The third-order valence-electron chi connectivity index (χ3n) is 2.97. The van der Waals surface area contributed by atoms with Gasteiger partial charge >= 0.3 is 0 Å². The van der Waals surface area contributed by atoms with Crippen molar-refractivity contribution < 1.29 is 0 Å². The molecule has 90 valence electrons. The molecular weight excluding hydrogens is 284 g/mol. The zero-order valence-electron chi connectivity index (χ0n) is 10.2. The van der Waals surface area contributed by atoms with Crippen molar-refractivity contribution in [2.45, 2.75) is 6.42 Å². The number of rotatable bonds is 4. The highest BCUT2D eigenvalue weighted by atomic mass is 79.9. The molecule has 2 aromatic rings. The summed E-state index contributed by atoms with van der Waals surface area (Å²) < 4.78 is 1.12. The van der Waals surface area contributed by atoms with Crippen molar-refractivity contribution in [1.82, 2.24) is 0 Å². The molecule has 18 heavy (non-hydrogen) atoms. The summed E-state index contributed by atoms with van der Waals surface area (Å²) in [5.74, 6) is 0. The number of hydrogen-bond donors (Lipinski definition) is 0. The van der Waals surface area contributed by atoms with E-state index in [-0.39, 0.29) is 0 Å². The van der Waals surface area contributed by atoms with Crippen LogP contribution in [0.25, 0.3) is 12.2 Å². The van der Waals surface area contributed by atoms with E-state index in [1.807, 2.05) is 18.2 Å². The SMILES string of the molecule is C=Cc1ccc(Cc2ccccc2C=C)c(Br)c1. The summed E-state index contributed by atoms with van der Waals surface area (Å²) in [7, 11) is 0. The van der Waals surface area contributed by atoms with E-state index >= 15 is 0 Å². The van der Waals surface area contributed by atoms with Crippen molar-refractivity contribution in [3.63, 3.8) is 0 Å². The van der Waals surface area contributed by atoms with Gasteiger partial charge in [-0.1, -0.05) is 77.6 Å². The van der Waals surface area contributed by atoms with Crippen molar-refractivity contribution in [2.75, 3.05) is 0 Å². The van der Waals surface area contributed by atoms with E-state index in [0.29, 0.717) is 0 Å². The third kappa shape index (κ3) is 2.80. The van der Waals surface area contributed by atoms with Gasteiger partial charge in [0.2, 0.25) is 0 Å². The fourth-order valence-electron chi connectivity index (χ4n) is 1.93. The Morgan fingerprint density at radius 2 is 1.72 bits per heavy atom. The van der Waals surface area contributed by atoms with Gasteiger partial charge in [-0.3, -0.25) is 0 Å². The molecule has 0 fully saturated rings. The van der Waals surface area contributed by atoms with Gasteiger partial charge in [0.1, 0.15) is 0 Å². The molecule has 0 spiro atoms. The van der Waals surface area contributed by atoms with E-state index in [4.69, 9.17) is 0 Å². The van der Waals surface area contributed by atoms with E-state index in [1.165, 1.54) is 16.7 Å². The highest BCUT2D eigenvalue weighted by Crippen LogP contribution is 2.23. The predicted molar refractivity (Wildman–Crippen MR) is 83.6 cm³/mol. The normalized spacial score (nSPS) is 10.1. The van der Waals surface area contributed by atoms with Crippen LogP contribution in [0, 0.1) is 0 Å². The Morgan fingerprint density at radius 1 is 0.944 bits per heavy atom. The standard InChI is InChI=1S/C17H15Br/c1-3-13-9-10-16(17(18)11-13)12-15-8-6-5-7-14(15)4-2/h3-11H,1-2,12H2. The Bertz CT molecular complexity index is 582. The second-order valence-electron chi connectivity index (χ2n) is 4.13. The maximum Gasteiger partial charge on any atom is 0.0216 e. The summed E-state index contributed by atoms with van der Waals surface area (Å²) in [6, 6.07) is 14.7. The zero-order valence-corrected chi connectivity index (χ0v) is 11.8. The van der Waals surface area contributed by atoms with Crippen LogP contribution in [-0.4, -0.2) is 0 Å². The van der Waals surface area contributed by atoms with Crippen molar-refractivity contribution in [3.8, 4) is 0 Å². The summed E-state index contributed by atoms with van der Waals surface area (Å²) in [5.41, 5.74) is 4.88. The molecule has 0 saturated carbocycles. The molecule has 0 atom stereocenters. The topological polar surface area (TPSA) is 0 Å². The Morgan fingerprint density at radius 3 is 2.39 bits per heavy atom. The molecule has 1 heteroatoms. The predicted octanol–water partition coefficient (Wildman–Crippen LogP) is 5.33. The van der Waals surface area contributed by atoms with Gasteiger partial charge in [-0.15, -0.1) is 0 Å². The lowest BCUT2D eigenvalue weighted by atomic mass is 9.99. The van der Waals surface area contributed by atoms with Crippen molar-refractivity contribution >= 4 is 28.1 Å². The van der Waals surface area contributed by atoms with Crippen LogP contribution in [0.3, 0.4) is 0 Å². The Labute approximate surface area is 117 Å². The maximum atomic E-state index is 3.86. The monoisotopic (exact) mass is 298 g/mol. The van der Waals surface area contributed by atoms with Crippen LogP contribution < -0.4 is 0 Å². The maximum absolute atomic E-state index is 3.86. The first-order valence-corrected chi connectivity index (χ1v) is 6.65. The van der Waals surface area contributed by atoms with E-state index in [0.717, 1.165) is 16.5 Å². The molecule has 2 rings (SSSR count). The lowest BCUT2D eigenvalue weighted by Gasteiger charge is -2.08. The van der Waals surface area contributed by atoms with Crippen LogP contribution in [0.2, 0.25) is 0 Å². The highest BCUT2D eigenvalue weighted by molar-refractivity contribution is 9.10. The van der Waals surface area contributed by atoms with Gasteiger partial charge in [0.25, 0.3) is 0 Å². The van der Waals surface area contributed by atoms with Crippen LogP contribution in [0.1, 0.15) is 22.3 Å². The second kappa shape index (κ2) is 5.83. The minimum Gasteiger partial charge on any atom is -0.0985 e. The number of benzene rings is 2. The van der Waals surface area contributed by atoms with Crippen LogP contribution in [-0.2, 0) is 6.42 Å². The van der Waals surface area contributed by atoms with Crippen LogP contribution in [0.15, 0.2) is 60.1 Å². The summed E-state index contributed by atoms with van der Waals surface area (Å²) in [5, 5.41) is 0. The Kier molecular flexibility index (Phi) is 4.16. The fourth-order valence-corrected chi connectivity index (χ4v) is 2.47. The molecule has 0 aromatic heterocycles. The van der Waals surface area contributed by atoms with Crippen LogP contribution >= 0.6 is 15.9 Å². The second-order valence-corrected chi connectivity index (χ2v) is 4.99. The fraction of sp³-hybridized carbons (Fsp3) is 0.0588. The van der Waals surface area contributed by atoms with Crippen molar-refractivity contribution in [2.24, 2.45) is 0 Å². The van der Waals surface area contributed by atoms with E-state index in [2.05, 4.69) is 65.5 Å². The number of halogens is 1. The minimum absolute atomic E-state index is 0.903. The molecule has 0 unspecified atom stereocenters. The molecule has 0 amide bonds. The molecular formula is C17H15Br. The summed E-state index contributed by atoms with van der Waals surface area (Å²) >= 11 is 3.62. The third-order valence-corrected chi connectivity index (χ3v) is 3.71. The lowest BCUT2D eigenvalue weighted by molar-refractivity contribution is 1.17. The largest absolute Gasteiger partial charge is 0.0985 e.